The molecule has 15 heavy (non-hydrogen) atoms. The number of hydrogen-bond donors (Lipinski definition) is 0. The fourth-order valence-electron chi connectivity index (χ4n) is 1.10. The highest BCUT2D eigenvalue weighted by atomic mass is 16.5. The first-order valence-electron chi connectivity index (χ1n) is 5.00. The Morgan fingerprint density at radius 3 is 2.87 bits per heavy atom. The first-order valence-corrected chi connectivity index (χ1v) is 5.00. The SMILES string of the molecule is CN(C)C(=O)CCCOc1[c]cccc1. The number of amides is 1. The van der Waals surface area contributed by atoms with Crippen molar-refractivity contribution in [3.63, 3.8) is 0 Å². The van der Waals surface area contributed by atoms with Crippen molar-refractivity contribution in [1.29, 1.82) is 0 Å². The maximum Gasteiger partial charge on any atom is 0.222 e. The number of para-hydroxylation sites is 1. The van der Waals surface area contributed by atoms with Crippen molar-refractivity contribution >= 4 is 5.91 Å². The van der Waals surface area contributed by atoms with E-state index in [4.69, 9.17) is 4.74 Å². The molecular weight excluding hydrogens is 190 g/mol. The fraction of sp³-hybridized carbons (Fsp3) is 0.417. The summed E-state index contributed by atoms with van der Waals surface area (Å²) in [5.41, 5.74) is 0. The van der Waals surface area contributed by atoms with E-state index in [1.165, 1.54) is 0 Å². The number of hydrogen-bond acceptors (Lipinski definition) is 2. The summed E-state index contributed by atoms with van der Waals surface area (Å²) >= 11 is 0. The largest absolute Gasteiger partial charge is 0.493 e. The Hall–Kier alpha value is -1.51. The third-order valence-electron chi connectivity index (χ3n) is 1.97. The second kappa shape index (κ2) is 6.06. The molecule has 0 aliphatic rings. The van der Waals surface area contributed by atoms with E-state index in [-0.39, 0.29) is 5.91 Å². The molecule has 1 radical (unpaired) electrons. The number of benzene rings is 1. The lowest BCUT2D eigenvalue weighted by atomic mass is 10.3. The van der Waals surface area contributed by atoms with Gasteiger partial charge in [0.25, 0.3) is 0 Å². The van der Waals surface area contributed by atoms with Crippen molar-refractivity contribution in [1.82, 2.24) is 4.90 Å². The van der Waals surface area contributed by atoms with Crippen LogP contribution >= 0.6 is 0 Å². The number of rotatable bonds is 5. The van der Waals surface area contributed by atoms with Gasteiger partial charge in [-0.25, -0.2) is 0 Å². The van der Waals surface area contributed by atoms with Gasteiger partial charge in [-0.05, 0) is 12.5 Å². The standard InChI is InChI=1S/C12H16NO2/c1-13(2)12(14)9-6-10-15-11-7-4-3-5-8-11/h3-5,7H,6,9-10H2,1-2H3. The maximum atomic E-state index is 11.2. The van der Waals surface area contributed by atoms with Gasteiger partial charge >= 0.3 is 0 Å². The van der Waals surface area contributed by atoms with Crippen LogP contribution in [0.25, 0.3) is 0 Å². The first-order chi connectivity index (χ1) is 7.20. The van der Waals surface area contributed by atoms with Crippen molar-refractivity contribution in [3.8, 4) is 5.75 Å². The van der Waals surface area contributed by atoms with Crippen LogP contribution in [0, 0.1) is 6.07 Å². The molecule has 3 nitrogen and oxygen atoms in total. The molecule has 1 aromatic carbocycles. The molecule has 1 aromatic rings. The summed E-state index contributed by atoms with van der Waals surface area (Å²) in [5.74, 6) is 0.866. The van der Waals surface area contributed by atoms with Gasteiger partial charge < -0.3 is 9.64 Å². The predicted octanol–water partition coefficient (Wildman–Crippen LogP) is 1.73. The zero-order valence-electron chi connectivity index (χ0n) is 9.19. The van der Waals surface area contributed by atoms with E-state index in [2.05, 4.69) is 6.07 Å². The molecule has 81 valence electrons. The third-order valence-corrected chi connectivity index (χ3v) is 1.97. The van der Waals surface area contributed by atoms with Crippen molar-refractivity contribution in [2.24, 2.45) is 0 Å². The molecule has 0 atom stereocenters. The third kappa shape index (κ3) is 4.49. The summed E-state index contributed by atoms with van der Waals surface area (Å²) in [6, 6.07) is 10.4. The number of ether oxygens (including phenoxy) is 1. The highest BCUT2D eigenvalue weighted by molar-refractivity contribution is 5.75. The molecule has 0 aromatic heterocycles. The topological polar surface area (TPSA) is 29.5 Å². The molecule has 0 unspecified atom stereocenters. The molecular formula is C12H16NO2. The summed E-state index contributed by atoms with van der Waals surface area (Å²) in [4.78, 5) is 12.8. The summed E-state index contributed by atoms with van der Waals surface area (Å²) in [6.45, 7) is 0.556. The second-order valence-corrected chi connectivity index (χ2v) is 3.47. The van der Waals surface area contributed by atoms with Gasteiger partial charge in [0.2, 0.25) is 5.91 Å². The number of carbonyl (C=O) groups excluding carboxylic acids is 1. The van der Waals surface area contributed by atoms with Gasteiger partial charge in [-0.3, -0.25) is 4.79 Å². The van der Waals surface area contributed by atoms with Crippen molar-refractivity contribution < 1.29 is 9.53 Å². The molecule has 0 saturated heterocycles. The van der Waals surface area contributed by atoms with Gasteiger partial charge in [0.15, 0.2) is 0 Å². The van der Waals surface area contributed by atoms with Crippen LogP contribution in [0.4, 0.5) is 0 Å². The highest BCUT2D eigenvalue weighted by Gasteiger charge is 2.02. The lowest BCUT2D eigenvalue weighted by Gasteiger charge is -2.10. The van der Waals surface area contributed by atoms with E-state index < -0.39 is 0 Å². The van der Waals surface area contributed by atoms with Gasteiger partial charge in [0, 0.05) is 26.6 Å². The van der Waals surface area contributed by atoms with Crippen LogP contribution in [-0.2, 0) is 4.79 Å². The minimum atomic E-state index is 0.135. The molecule has 1 amide bonds. The van der Waals surface area contributed by atoms with Gasteiger partial charge in [-0.15, -0.1) is 0 Å². The molecule has 0 bridgehead atoms. The molecule has 0 spiro atoms. The highest BCUT2D eigenvalue weighted by Crippen LogP contribution is 2.07. The number of carbonyl (C=O) groups is 1. The monoisotopic (exact) mass is 206 g/mol. The normalized spacial score (nSPS) is 9.73. The lowest BCUT2D eigenvalue weighted by Crippen LogP contribution is -2.21. The average Bonchev–Trinajstić information content (AvgIpc) is 2.25. The summed E-state index contributed by atoms with van der Waals surface area (Å²) in [6.07, 6.45) is 1.26. The fourth-order valence-corrected chi connectivity index (χ4v) is 1.10. The molecule has 0 N–H and O–H groups in total. The zero-order valence-corrected chi connectivity index (χ0v) is 9.19. The van der Waals surface area contributed by atoms with Crippen LogP contribution in [0.5, 0.6) is 5.75 Å². The quantitative estimate of drug-likeness (QED) is 0.687. The molecule has 0 heterocycles. The minimum Gasteiger partial charge on any atom is -0.493 e. The Kier molecular flexibility index (Phi) is 4.68. The van der Waals surface area contributed by atoms with Crippen LogP contribution < -0.4 is 4.74 Å². The van der Waals surface area contributed by atoms with Gasteiger partial charge in [-0.2, -0.15) is 0 Å². The zero-order chi connectivity index (χ0) is 11.1. The van der Waals surface area contributed by atoms with E-state index in [1.54, 1.807) is 25.1 Å². The molecule has 3 heteroatoms. The van der Waals surface area contributed by atoms with Crippen LogP contribution in [0.15, 0.2) is 24.3 Å². The van der Waals surface area contributed by atoms with Crippen LogP contribution in [0.3, 0.4) is 0 Å². The van der Waals surface area contributed by atoms with E-state index in [0.717, 1.165) is 12.2 Å². The Morgan fingerprint density at radius 2 is 2.27 bits per heavy atom. The lowest BCUT2D eigenvalue weighted by molar-refractivity contribution is -0.128. The maximum absolute atomic E-state index is 11.2. The Labute approximate surface area is 90.7 Å². The van der Waals surface area contributed by atoms with E-state index in [1.807, 2.05) is 18.2 Å². The van der Waals surface area contributed by atoms with E-state index >= 15 is 0 Å². The predicted molar refractivity (Wildman–Crippen MR) is 58.7 cm³/mol. The van der Waals surface area contributed by atoms with Crippen LogP contribution in [-0.4, -0.2) is 31.5 Å². The smallest absolute Gasteiger partial charge is 0.222 e. The second-order valence-electron chi connectivity index (χ2n) is 3.47. The molecule has 1 rings (SSSR count). The van der Waals surface area contributed by atoms with Crippen LogP contribution in [0.2, 0.25) is 0 Å². The van der Waals surface area contributed by atoms with Gasteiger partial charge in [-0.1, -0.05) is 18.2 Å². The molecule has 0 aliphatic heterocycles. The van der Waals surface area contributed by atoms with Crippen molar-refractivity contribution in [2.45, 2.75) is 12.8 Å². The Morgan fingerprint density at radius 1 is 1.47 bits per heavy atom. The number of nitrogens with zero attached hydrogens (tertiary/aromatic N) is 1. The van der Waals surface area contributed by atoms with Gasteiger partial charge in [0.05, 0.1) is 6.61 Å². The first kappa shape index (κ1) is 11.6. The minimum absolute atomic E-state index is 0.135. The van der Waals surface area contributed by atoms with Gasteiger partial charge in [0.1, 0.15) is 5.75 Å². The molecule has 0 fully saturated rings. The molecule has 0 aliphatic carbocycles. The average molecular weight is 206 g/mol. The Bertz CT molecular complexity index is 296. The van der Waals surface area contributed by atoms with Crippen molar-refractivity contribution in [2.75, 3.05) is 20.7 Å². The van der Waals surface area contributed by atoms with E-state index in [9.17, 15) is 4.79 Å². The summed E-state index contributed by atoms with van der Waals surface area (Å²) in [5, 5.41) is 0. The summed E-state index contributed by atoms with van der Waals surface area (Å²) < 4.78 is 5.41. The summed E-state index contributed by atoms with van der Waals surface area (Å²) in [7, 11) is 3.52. The Balaban J connectivity index is 2.15. The van der Waals surface area contributed by atoms with E-state index in [0.29, 0.717) is 13.0 Å². The molecule has 0 saturated carbocycles. The van der Waals surface area contributed by atoms with Crippen LogP contribution in [0.1, 0.15) is 12.8 Å². The van der Waals surface area contributed by atoms with Crippen molar-refractivity contribution in [3.05, 3.63) is 30.3 Å².